The third kappa shape index (κ3) is 51.9. The summed E-state index contributed by atoms with van der Waals surface area (Å²) >= 11 is 0. The molecule has 0 aromatic carbocycles. The van der Waals surface area contributed by atoms with Gasteiger partial charge in [-0.15, -0.1) is 0 Å². The van der Waals surface area contributed by atoms with E-state index in [0.717, 1.165) is 83.5 Å². The molecule has 0 saturated heterocycles. The second kappa shape index (κ2) is 53.7. The minimum atomic E-state index is -0.784. The van der Waals surface area contributed by atoms with Gasteiger partial charge in [-0.25, -0.2) is 0 Å². The van der Waals surface area contributed by atoms with E-state index in [4.69, 9.17) is 14.2 Å². The van der Waals surface area contributed by atoms with E-state index in [1.54, 1.807) is 0 Å². The van der Waals surface area contributed by atoms with Gasteiger partial charge in [0.2, 0.25) is 0 Å². The molecule has 0 amide bonds. The molecule has 0 aliphatic heterocycles. The van der Waals surface area contributed by atoms with Gasteiger partial charge < -0.3 is 14.2 Å². The van der Waals surface area contributed by atoms with Crippen molar-refractivity contribution in [3.8, 4) is 0 Å². The van der Waals surface area contributed by atoms with Gasteiger partial charge in [-0.05, 0) is 70.6 Å². The van der Waals surface area contributed by atoms with Crippen LogP contribution in [0.3, 0.4) is 0 Å². The summed E-state index contributed by atoms with van der Waals surface area (Å²) < 4.78 is 16.8. The number of rotatable bonds is 50. The van der Waals surface area contributed by atoms with E-state index >= 15 is 0 Å². The van der Waals surface area contributed by atoms with E-state index in [-0.39, 0.29) is 31.1 Å². The van der Waals surface area contributed by atoms with Gasteiger partial charge >= 0.3 is 17.9 Å². The predicted octanol–water partition coefficient (Wildman–Crippen LogP) is 18.4. The van der Waals surface area contributed by atoms with Crippen LogP contribution in [0.5, 0.6) is 0 Å². The number of ether oxygens (including phenoxy) is 3. The van der Waals surface area contributed by atoms with Crippen molar-refractivity contribution < 1.29 is 28.6 Å². The maximum Gasteiger partial charge on any atom is 0.306 e. The first-order valence-corrected chi connectivity index (χ1v) is 27.8. The fourth-order valence-electron chi connectivity index (χ4n) is 7.86. The molecular weight excluding hydrogens is 805 g/mol. The summed E-state index contributed by atoms with van der Waals surface area (Å²) in [6.07, 6.45) is 66.3. The number of hydrogen-bond acceptors (Lipinski definition) is 6. The zero-order valence-electron chi connectivity index (χ0n) is 43.0. The molecule has 0 rings (SSSR count). The largest absolute Gasteiger partial charge is 0.462 e. The Morgan fingerprint density at radius 3 is 0.938 bits per heavy atom. The molecule has 0 bridgehead atoms. The zero-order valence-corrected chi connectivity index (χ0v) is 43.0. The van der Waals surface area contributed by atoms with Crippen LogP contribution < -0.4 is 0 Å². The third-order valence-electron chi connectivity index (χ3n) is 12.1. The average molecular weight is 909 g/mol. The van der Waals surface area contributed by atoms with Gasteiger partial charge in [-0.2, -0.15) is 0 Å². The van der Waals surface area contributed by atoms with Crippen LogP contribution in [0, 0.1) is 0 Å². The fourth-order valence-corrected chi connectivity index (χ4v) is 7.86. The molecule has 0 aliphatic carbocycles. The van der Waals surface area contributed by atoms with Crippen molar-refractivity contribution in [3.05, 3.63) is 60.8 Å². The molecule has 1 unspecified atom stereocenters. The second-order valence-corrected chi connectivity index (χ2v) is 18.6. The molecule has 0 N–H and O–H groups in total. The highest BCUT2D eigenvalue weighted by molar-refractivity contribution is 5.71. The minimum Gasteiger partial charge on any atom is -0.462 e. The predicted molar refractivity (Wildman–Crippen MR) is 279 cm³/mol. The molecule has 6 nitrogen and oxygen atoms in total. The number of carbonyl (C=O) groups is 3. The number of esters is 3. The summed E-state index contributed by atoms with van der Waals surface area (Å²) in [6.45, 7) is 6.59. The number of carbonyl (C=O) groups excluding carboxylic acids is 3. The molecule has 1 atom stereocenters. The third-order valence-corrected chi connectivity index (χ3v) is 12.1. The van der Waals surface area contributed by atoms with E-state index in [0.29, 0.717) is 19.3 Å². The van der Waals surface area contributed by atoms with Crippen molar-refractivity contribution in [3.63, 3.8) is 0 Å². The van der Waals surface area contributed by atoms with Crippen molar-refractivity contribution in [2.45, 2.75) is 284 Å². The first-order chi connectivity index (χ1) is 32.0. The van der Waals surface area contributed by atoms with Crippen molar-refractivity contribution in [1.29, 1.82) is 0 Å². The smallest absolute Gasteiger partial charge is 0.306 e. The van der Waals surface area contributed by atoms with Crippen LogP contribution in [0.2, 0.25) is 0 Å². The monoisotopic (exact) mass is 909 g/mol. The highest BCUT2D eigenvalue weighted by Crippen LogP contribution is 2.15. The average Bonchev–Trinajstić information content (AvgIpc) is 3.30. The lowest BCUT2D eigenvalue weighted by Crippen LogP contribution is -2.30. The van der Waals surface area contributed by atoms with Gasteiger partial charge in [0.1, 0.15) is 13.2 Å². The Morgan fingerprint density at radius 1 is 0.308 bits per heavy atom. The highest BCUT2D eigenvalue weighted by atomic mass is 16.6. The van der Waals surface area contributed by atoms with Gasteiger partial charge in [0.15, 0.2) is 6.10 Å². The Hall–Kier alpha value is -2.89. The summed E-state index contributed by atoms with van der Waals surface area (Å²) in [7, 11) is 0. The van der Waals surface area contributed by atoms with Gasteiger partial charge in [-0.1, -0.05) is 248 Å². The molecule has 65 heavy (non-hydrogen) atoms. The van der Waals surface area contributed by atoms with Crippen LogP contribution in [-0.4, -0.2) is 37.2 Å². The van der Waals surface area contributed by atoms with Gasteiger partial charge in [0.25, 0.3) is 0 Å². The highest BCUT2D eigenvalue weighted by Gasteiger charge is 2.19. The molecule has 0 saturated carbocycles. The van der Waals surface area contributed by atoms with E-state index in [2.05, 4.69) is 81.5 Å². The SMILES string of the molecule is CCCCC\C=C/C=C\C=C/C=C\CCCCCCCC(=O)OCC(COC(=O)CCCCCCCCCCCCCC)OC(=O)CCCCCCCCC/C=C\CCCCCCCC. The van der Waals surface area contributed by atoms with Crippen LogP contribution in [0.15, 0.2) is 60.8 Å². The van der Waals surface area contributed by atoms with Crippen molar-refractivity contribution in [1.82, 2.24) is 0 Å². The molecule has 0 aliphatic rings. The zero-order chi connectivity index (χ0) is 47.2. The fraction of sp³-hybridized carbons (Fsp3) is 0.780. The molecule has 0 aromatic heterocycles. The van der Waals surface area contributed by atoms with E-state index in [1.807, 2.05) is 0 Å². The number of unbranched alkanes of at least 4 members (excludes halogenated alkanes) is 32. The minimum absolute atomic E-state index is 0.0815. The molecule has 6 heteroatoms. The number of hydrogen-bond donors (Lipinski definition) is 0. The Bertz CT molecular complexity index is 1180. The summed E-state index contributed by atoms with van der Waals surface area (Å²) in [4.78, 5) is 38.1. The topological polar surface area (TPSA) is 78.9 Å². The second-order valence-electron chi connectivity index (χ2n) is 18.6. The lowest BCUT2D eigenvalue weighted by Gasteiger charge is -2.18. The first kappa shape index (κ1) is 62.1. The summed E-state index contributed by atoms with van der Waals surface area (Å²) in [6, 6.07) is 0. The van der Waals surface area contributed by atoms with Crippen LogP contribution in [0.25, 0.3) is 0 Å². The van der Waals surface area contributed by atoms with Crippen LogP contribution in [-0.2, 0) is 28.6 Å². The summed E-state index contributed by atoms with van der Waals surface area (Å²) in [5.74, 6) is -0.901. The number of allylic oxidation sites excluding steroid dienone is 10. The molecular formula is C59H104O6. The van der Waals surface area contributed by atoms with E-state index in [1.165, 1.54) is 154 Å². The maximum absolute atomic E-state index is 12.8. The molecule has 0 heterocycles. The van der Waals surface area contributed by atoms with Crippen molar-refractivity contribution in [2.75, 3.05) is 13.2 Å². The first-order valence-electron chi connectivity index (χ1n) is 27.8. The lowest BCUT2D eigenvalue weighted by molar-refractivity contribution is -0.167. The lowest BCUT2D eigenvalue weighted by atomic mass is 10.0. The molecule has 376 valence electrons. The van der Waals surface area contributed by atoms with Crippen LogP contribution in [0.4, 0.5) is 0 Å². The maximum atomic E-state index is 12.8. The van der Waals surface area contributed by atoms with E-state index < -0.39 is 6.10 Å². The van der Waals surface area contributed by atoms with Crippen molar-refractivity contribution in [2.24, 2.45) is 0 Å². The molecule has 0 aromatic rings. The summed E-state index contributed by atoms with van der Waals surface area (Å²) in [5.41, 5.74) is 0. The van der Waals surface area contributed by atoms with Gasteiger partial charge in [-0.3, -0.25) is 14.4 Å². The molecule has 0 spiro atoms. The normalized spacial score (nSPS) is 12.5. The molecule has 0 radical (unpaired) electrons. The van der Waals surface area contributed by atoms with E-state index in [9.17, 15) is 14.4 Å². The van der Waals surface area contributed by atoms with Crippen molar-refractivity contribution >= 4 is 17.9 Å². The Kier molecular flexibility index (Phi) is 51.3. The Labute approximate surface area is 402 Å². The van der Waals surface area contributed by atoms with Gasteiger partial charge in [0.05, 0.1) is 0 Å². The Balaban J connectivity index is 4.41. The van der Waals surface area contributed by atoms with Gasteiger partial charge in [0, 0.05) is 19.3 Å². The standard InChI is InChI=1S/C59H104O6/c1-4-7-10-13-16-19-22-25-27-29-31-32-34-37-40-43-46-49-52-58(61)64-55-56(54-63-57(60)51-48-45-42-39-36-24-21-18-15-12-9-6-3)65-59(62)53-50-47-44-41-38-35-33-30-28-26-23-20-17-14-11-8-5-2/h16,19,22,25-29,31-32,56H,4-15,17-18,20-21,23-24,30,33-55H2,1-3H3/b19-16-,25-22-,28-26-,29-27-,32-31-. The summed E-state index contributed by atoms with van der Waals surface area (Å²) in [5, 5.41) is 0. The molecule has 0 fully saturated rings. The Morgan fingerprint density at radius 2 is 0.569 bits per heavy atom. The quantitative estimate of drug-likeness (QED) is 0.0199. The van der Waals surface area contributed by atoms with Crippen LogP contribution >= 0.6 is 0 Å². The van der Waals surface area contributed by atoms with Crippen LogP contribution in [0.1, 0.15) is 278 Å².